The van der Waals surface area contributed by atoms with Crippen molar-refractivity contribution in [1.82, 2.24) is 20.4 Å². The quantitative estimate of drug-likeness (QED) is 0.845. The van der Waals surface area contributed by atoms with Crippen molar-refractivity contribution in [3.8, 4) is 11.4 Å². The Balaban J connectivity index is 1.95. The van der Waals surface area contributed by atoms with Crippen molar-refractivity contribution in [1.29, 1.82) is 0 Å². The van der Waals surface area contributed by atoms with Crippen LogP contribution in [0.5, 0.6) is 0 Å². The number of hydrogen-bond donors (Lipinski definition) is 1. The lowest BCUT2D eigenvalue weighted by Crippen LogP contribution is -2.25. The van der Waals surface area contributed by atoms with Crippen molar-refractivity contribution in [2.75, 3.05) is 6.54 Å². The van der Waals surface area contributed by atoms with Crippen LogP contribution in [0.1, 0.15) is 26.2 Å². The highest BCUT2D eigenvalue weighted by atomic mass is 16.5. The van der Waals surface area contributed by atoms with Crippen LogP contribution in [0.4, 0.5) is 0 Å². The van der Waals surface area contributed by atoms with E-state index >= 15 is 0 Å². The van der Waals surface area contributed by atoms with E-state index in [1.165, 1.54) is 0 Å². The highest BCUT2D eigenvalue weighted by Crippen LogP contribution is 2.14. The van der Waals surface area contributed by atoms with Crippen LogP contribution in [-0.2, 0) is 6.42 Å². The molecular formula is C13H18N4O. The Kier molecular flexibility index (Phi) is 4.41. The third-order valence-electron chi connectivity index (χ3n) is 2.73. The van der Waals surface area contributed by atoms with Gasteiger partial charge in [-0.15, -0.1) is 0 Å². The van der Waals surface area contributed by atoms with E-state index in [9.17, 15) is 0 Å². The maximum atomic E-state index is 5.23. The Morgan fingerprint density at radius 1 is 1.44 bits per heavy atom. The second kappa shape index (κ2) is 6.26. The molecule has 18 heavy (non-hydrogen) atoms. The predicted molar refractivity (Wildman–Crippen MR) is 69.0 cm³/mol. The van der Waals surface area contributed by atoms with Gasteiger partial charge in [0.15, 0.2) is 0 Å². The van der Waals surface area contributed by atoms with Gasteiger partial charge in [-0.25, -0.2) is 0 Å². The number of aromatic nitrogens is 3. The molecular weight excluding hydrogens is 228 g/mol. The summed E-state index contributed by atoms with van der Waals surface area (Å²) in [5.41, 5.74) is 0.882. The van der Waals surface area contributed by atoms with Crippen LogP contribution >= 0.6 is 0 Å². The van der Waals surface area contributed by atoms with Gasteiger partial charge in [-0.2, -0.15) is 4.98 Å². The van der Waals surface area contributed by atoms with Crippen LogP contribution in [0.25, 0.3) is 11.4 Å². The molecule has 0 bridgehead atoms. The molecule has 1 N–H and O–H groups in total. The van der Waals surface area contributed by atoms with E-state index < -0.39 is 0 Å². The Morgan fingerprint density at radius 2 is 2.33 bits per heavy atom. The molecule has 0 aliphatic heterocycles. The van der Waals surface area contributed by atoms with Crippen LogP contribution in [-0.4, -0.2) is 27.7 Å². The fraction of sp³-hybridized carbons (Fsp3) is 0.462. The molecule has 0 spiro atoms. The first-order chi connectivity index (χ1) is 8.79. The van der Waals surface area contributed by atoms with Crippen molar-refractivity contribution in [2.45, 2.75) is 32.7 Å². The SMILES string of the molecule is CCNC(C)CCc1nc(-c2cccnc2)no1. The topological polar surface area (TPSA) is 63.8 Å². The highest BCUT2D eigenvalue weighted by molar-refractivity contribution is 5.51. The zero-order chi connectivity index (χ0) is 12.8. The molecule has 0 fully saturated rings. The summed E-state index contributed by atoms with van der Waals surface area (Å²) in [5.74, 6) is 1.29. The first-order valence-corrected chi connectivity index (χ1v) is 6.26. The average molecular weight is 246 g/mol. The molecule has 1 atom stereocenters. The van der Waals surface area contributed by atoms with Gasteiger partial charge in [-0.3, -0.25) is 4.98 Å². The van der Waals surface area contributed by atoms with E-state index in [0.29, 0.717) is 17.8 Å². The van der Waals surface area contributed by atoms with Gasteiger partial charge in [0.2, 0.25) is 11.7 Å². The largest absolute Gasteiger partial charge is 0.339 e. The summed E-state index contributed by atoms with van der Waals surface area (Å²) in [6, 6.07) is 4.24. The van der Waals surface area contributed by atoms with Crippen LogP contribution in [0.3, 0.4) is 0 Å². The van der Waals surface area contributed by atoms with Gasteiger partial charge in [0.25, 0.3) is 0 Å². The smallest absolute Gasteiger partial charge is 0.227 e. The van der Waals surface area contributed by atoms with Gasteiger partial charge in [-0.1, -0.05) is 12.1 Å². The van der Waals surface area contributed by atoms with Crippen molar-refractivity contribution >= 4 is 0 Å². The number of rotatable bonds is 6. The third-order valence-corrected chi connectivity index (χ3v) is 2.73. The second-order valence-corrected chi connectivity index (χ2v) is 4.25. The number of hydrogen-bond acceptors (Lipinski definition) is 5. The van der Waals surface area contributed by atoms with Crippen molar-refractivity contribution in [2.24, 2.45) is 0 Å². The van der Waals surface area contributed by atoms with Crippen LogP contribution in [0.15, 0.2) is 29.0 Å². The van der Waals surface area contributed by atoms with Crippen molar-refractivity contribution in [3.63, 3.8) is 0 Å². The Morgan fingerprint density at radius 3 is 3.06 bits per heavy atom. The molecule has 0 saturated heterocycles. The second-order valence-electron chi connectivity index (χ2n) is 4.25. The standard InChI is InChI=1S/C13H18N4O/c1-3-15-10(2)6-7-12-16-13(17-18-12)11-5-4-8-14-9-11/h4-5,8-10,15H,3,6-7H2,1-2H3. The molecule has 0 aliphatic rings. The molecule has 0 aliphatic carbocycles. The van der Waals surface area contributed by atoms with Crippen LogP contribution in [0, 0.1) is 0 Å². The van der Waals surface area contributed by atoms with Gasteiger partial charge in [0.05, 0.1) is 0 Å². The fourth-order valence-electron chi connectivity index (χ4n) is 1.76. The van der Waals surface area contributed by atoms with Crippen LogP contribution in [0.2, 0.25) is 0 Å². The zero-order valence-electron chi connectivity index (χ0n) is 10.8. The maximum absolute atomic E-state index is 5.23. The lowest BCUT2D eigenvalue weighted by atomic mass is 10.2. The summed E-state index contributed by atoms with van der Waals surface area (Å²) in [7, 11) is 0. The normalized spacial score (nSPS) is 12.6. The Labute approximate surface area is 107 Å². The van der Waals surface area contributed by atoms with Gasteiger partial charge < -0.3 is 9.84 Å². The third kappa shape index (κ3) is 3.37. The average Bonchev–Trinajstić information content (AvgIpc) is 2.87. The fourth-order valence-corrected chi connectivity index (χ4v) is 1.76. The molecule has 96 valence electrons. The maximum Gasteiger partial charge on any atom is 0.227 e. The minimum absolute atomic E-state index is 0.462. The molecule has 5 nitrogen and oxygen atoms in total. The van der Waals surface area contributed by atoms with E-state index in [0.717, 1.165) is 24.9 Å². The molecule has 5 heteroatoms. The molecule has 2 rings (SSSR count). The summed E-state index contributed by atoms with van der Waals surface area (Å²) in [6.07, 6.45) is 5.24. The molecule has 1 unspecified atom stereocenters. The zero-order valence-corrected chi connectivity index (χ0v) is 10.8. The summed E-state index contributed by atoms with van der Waals surface area (Å²) in [4.78, 5) is 8.40. The van der Waals surface area contributed by atoms with E-state index in [-0.39, 0.29) is 0 Å². The van der Waals surface area contributed by atoms with Crippen LogP contribution < -0.4 is 5.32 Å². The van der Waals surface area contributed by atoms with Gasteiger partial charge in [-0.05, 0) is 32.0 Å². The Hall–Kier alpha value is -1.75. The lowest BCUT2D eigenvalue weighted by Gasteiger charge is -2.09. The predicted octanol–water partition coefficient (Wildman–Crippen LogP) is 2.06. The minimum Gasteiger partial charge on any atom is -0.339 e. The molecule has 0 aromatic carbocycles. The first-order valence-electron chi connectivity index (χ1n) is 6.26. The van der Waals surface area contributed by atoms with E-state index in [1.54, 1.807) is 12.4 Å². The molecule has 0 amide bonds. The lowest BCUT2D eigenvalue weighted by molar-refractivity contribution is 0.368. The molecule has 2 aromatic heterocycles. The number of nitrogens with one attached hydrogen (secondary N) is 1. The summed E-state index contributed by atoms with van der Waals surface area (Å²) >= 11 is 0. The van der Waals surface area contributed by atoms with Gasteiger partial charge >= 0.3 is 0 Å². The minimum atomic E-state index is 0.462. The monoisotopic (exact) mass is 246 g/mol. The van der Waals surface area contributed by atoms with E-state index in [4.69, 9.17) is 4.52 Å². The molecule has 0 saturated carbocycles. The molecule has 2 heterocycles. The van der Waals surface area contributed by atoms with E-state index in [1.807, 2.05) is 12.1 Å². The van der Waals surface area contributed by atoms with E-state index in [2.05, 4.69) is 34.3 Å². The molecule has 0 radical (unpaired) electrons. The number of nitrogens with zero attached hydrogens (tertiary/aromatic N) is 3. The first kappa shape index (κ1) is 12.7. The number of aryl methyl sites for hydroxylation is 1. The van der Waals surface area contributed by atoms with Gasteiger partial charge in [0, 0.05) is 30.4 Å². The van der Waals surface area contributed by atoms with Crippen molar-refractivity contribution < 1.29 is 4.52 Å². The molecule has 2 aromatic rings. The summed E-state index contributed by atoms with van der Waals surface area (Å²) < 4.78 is 5.23. The number of pyridine rings is 1. The van der Waals surface area contributed by atoms with Gasteiger partial charge in [0.1, 0.15) is 0 Å². The van der Waals surface area contributed by atoms with Crippen molar-refractivity contribution in [3.05, 3.63) is 30.4 Å². The Bertz CT molecular complexity index is 469. The summed E-state index contributed by atoms with van der Waals surface area (Å²) in [6.45, 7) is 5.23. The highest BCUT2D eigenvalue weighted by Gasteiger charge is 2.09. The summed E-state index contributed by atoms with van der Waals surface area (Å²) in [5, 5.41) is 7.32.